The van der Waals surface area contributed by atoms with E-state index in [1.54, 1.807) is 30.3 Å². The molecular formula is C22H12Cl4N2O2. The van der Waals surface area contributed by atoms with Gasteiger partial charge >= 0.3 is 5.97 Å². The number of hydrogen-bond donors (Lipinski definition) is 1. The van der Waals surface area contributed by atoms with Crippen LogP contribution in [0.4, 0.5) is 0 Å². The lowest BCUT2D eigenvalue weighted by molar-refractivity contribution is 0.0690. The minimum absolute atomic E-state index is 0.0964. The van der Waals surface area contributed by atoms with E-state index >= 15 is 0 Å². The van der Waals surface area contributed by atoms with Crippen LogP contribution in [-0.2, 0) is 0 Å². The van der Waals surface area contributed by atoms with Gasteiger partial charge in [-0.25, -0.2) is 9.48 Å². The molecule has 0 spiro atoms. The van der Waals surface area contributed by atoms with Crippen LogP contribution >= 0.6 is 46.4 Å². The van der Waals surface area contributed by atoms with Gasteiger partial charge in [0, 0.05) is 26.2 Å². The first-order valence-electron chi connectivity index (χ1n) is 8.68. The summed E-state index contributed by atoms with van der Waals surface area (Å²) in [6.07, 6.45) is 0. The van der Waals surface area contributed by atoms with Crippen LogP contribution < -0.4 is 0 Å². The fourth-order valence-corrected chi connectivity index (χ4v) is 4.08. The Labute approximate surface area is 192 Å². The van der Waals surface area contributed by atoms with Crippen LogP contribution in [0.15, 0.2) is 66.7 Å². The Morgan fingerprint density at radius 3 is 1.97 bits per heavy atom. The Hall–Kier alpha value is -2.50. The summed E-state index contributed by atoms with van der Waals surface area (Å²) >= 11 is 24.6. The third-order valence-electron chi connectivity index (χ3n) is 4.49. The Morgan fingerprint density at radius 2 is 1.37 bits per heavy atom. The lowest BCUT2D eigenvalue weighted by Crippen LogP contribution is -2.03. The minimum Gasteiger partial charge on any atom is -0.476 e. The molecule has 0 atom stereocenters. The second kappa shape index (κ2) is 8.32. The molecule has 1 aromatic heterocycles. The maximum Gasteiger partial charge on any atom is 0.356 e. The van der Waals surface area contributed by atoms with Gasteiger partial charge in [0.25, 0.3) is 0 Å². The molecule has 0 fully saturated rings. The van der Waals surface area contributed by atoms with Crippen molar-refractivity contribution in [3.05, 3.63) is 92.5 Å². The number of rotatable bonds is 4. The van der Waals surface area contributed by atoms with Gasteiger partial charge < -0.3 is 5.11 Å². The first-order valence-corrected chi connectivity index (χ1v) is 10.2. The highest BCUT2D eigenvalue weighted by atomic mass is 35.5. The number of carboxylic acid groups (broad SMARTS) is 1. The molecule has 4 rings (SSSR count). The molecule has 0 saturated carbocycles. The number of hydrogen-bond acceptors (Lipinski definition) is 2. The predicted molar refractivity (Wildman–Crippen MR) is 121 cm³/mol. The normalized spacial score (nSPS) is 10.9. The number of carboxylic acids is 1. The van der Waals surface area contributed by atoms with Gasteiger partial charge in [-0.1, -0.05) is 76.7 Å². The van der Waals surface area contributed by atoms with Crippen molar-refractivity contribution in [2.75, 3.05) is 0 Å². The molecule has 0 aliphatic rings. The number of nitrogens with zero attached hydrogens (tertiary/aromatic N) is 2. The van der Waals surface area contributed by atoms with Crippen molar-refractivity contribution in [1.29, 1.82) is 0 Å². The first-order chi connectivity index (χ1) is 14.3. The van der Waals surface area contributed by atoms with Crippen LogP contribution in [0.5, 0.6) is 0 Å². The second-order valence-corrected chi connectivity index (χ2v) is 8.12. The molecule has 0 aliphatic heterocycles. The molecule has 3 aromatic carbocycles. The molecule has 0 saturated heterocycles. The van der Waals surface area contributed by atoms with Crippen molar-refractivity contribution in [1.82, 2.24) is 9.78 Å². The van der Waals surface area contributed by atoms with Crippen LogP contribution in [0.1, 0.15) is 10.5 Å². The average molecular weight is 478 g/mol. The largest absolute Gasteiger partial charge is 0.476 e. The maximum absolute atomic E-state index is 11.5. The van der Waals surface area contributed by atoms with Crippen LogP contribution in [0, 0.1) is 0 Å². The number of halogens is 4. The van der Waals surface area contributed by atoms with Gasteiger partial charge in [-0.3, -0.25) is 0 Å². The number of aromatic carboxylic acids is 1. The summed E-state index contributed by atoms with van der Waals surface area (Å²) in [5.41, 5.74) is 3.50. The van der Waals surface area contributed by atoms with E-state index in [0.29, 0.717) is 31.5 Å². The van der Waals surface area contributed by atoms with E-state index in [0.717, 1.165) is 16.7 Å². The van der Waals surface area contributed by atoms with Gasteiger partial charge in [0.05, 0.1) is 16.4 Å². The molecule has 4 aromatic rings. The fraction of sp³-hybridized carbons (Fsp3) is 0. The molecule has 8 heteroatoms. The van der Waals surface area contributed by atoms with Gasteiger partial charge in [0.1, 0.15) is 0 Å². The first kappa shape index (κ1) is 20.8. The number of benzene rings is 3. The fourth-order valence-electron chi connectivity index (χ4n) is 3.07. The van der Waals surface area contributed by atoms with Crippen molar-refractivity contribution in [3.63, 3.8) is 0 Å². The molecular weight excluding hydrogens is 466 g/mol. The van der Waals surface area contributed by atoms with Crippen molar-refractivity contribution in [3.8, 4) is 28.1 Å². The Morgan fingerprint density at radius 1 is 0.767 bits per heavy atom. The Bertz CT molecular complexity index is 1270. The van der Waals surface area contributed by atoms with E-state index in [-0.39, 0.29) is 5.69 Å². The maximum atomic E-state index is 11.5. The van der Waals surface area contributed by atoms with E-state index in [9.17, 15) is 9.90 Å². The highest BCUT2D eigenvalue weighted by molar-refractivity contribution is 6.36. The Balaban J connectivity index is 1.81. The standard InChI is InChI=1S/C22H12Cl4N2O2/c23-14-5-7-16(17(25)9-14)12-1-3-13(4-2-12)21-11-19(22(29)30)27-28(21)20-8-6-15(24)10-18(20)26/h1-11H,(H,29,30). The van der Waals surface area contributed by atoms with Gasteiger partial charge in [0.2, 0.25) is 0 Å². The molecule has 0 aliphatic carbocycles. The zero-order valence-electron chi connectivity index (χ0n) is 15.1. The highest BCUT2D eigenvalue weighted by Gasteiger charge is 2.18. The van der Waals surface area contributed by atoms with Gasteiger partial charge in [0.15, 0.2) is 5.69 Å². The highest BCUT2D eigenvalue weighted by Crippen LogP contribution is 2.33. The van der Waals surface area contributed by atoms with E-state index in [4.69, 9.17) is 46.4 Å². The van der Waals surface area contributed by atoms with E-state index in [1.165, 1.54) is 10.7 Å². The quantitative estimate of drug-likeness (QED) is 0.330. The van der Waals surface area contributed by atoms with Crippen molar-refractivity contribution >= 4 is 52.4 Å². The average Bonchev–Trinajstić information content (AvgIpc) is 3.14. The minimum atomic E-state index is -1.13. The SMILES string of the molecule is O=C(O)c1cc(-c2ccc(-c3ccc(Cl)cc3Cl)cc2)n(-c2ccc(Cl)cc2Cl)n1. The summed E-state index contributed by atoms with van der Waals surface area (Å²) in [5.74, 6) is -1.13. The molecule has 30 heavy (non-hydrogen) atoms. The molecule has 0 radical (unpaired) electrons. The zero-order chi connectivity index (χ0) is 21.4. The summed E-state index contributed by atoms with van der Waals surface area (Å²) in [7, 11) is 0. The summed E-state index contributed by atoms with van der Waals surface area (Å²) < 4.78 is 1.49. The summed E-state index contributed by atoms with van der Waals surface area (Å²) in [6.45, 7) is 0. The third kappa shape index (κ3) is 4.05. The summed E-state index contributed by atoms with van der Waals surface area (Å²) in [5, 5.41) is 15.6. The van der Waals surface area contributed by atoms with Gasteiger partial charge in [-0.05, 0) is 42.0 Å². The van der Waals surface area contributed by atoms with E-state index < -0.39 is 5.97 Å². The monoisotopic (exact) mass is 476 g/mol. The summed E-state index contributed by atoms with van der Waals surface area (Å²) in [6, 6.07) is 19.3. The van der Waals surface area contributed by atoms with Crippen LogP contribution in [0.2, 0.25) is 20.1 Å². The molecule has 1 heterocycles. The van der Waals surface area contributed by atoms with Crippen LogP contribution in [0.3, 0.4) is 0 Å². The lowest BCUT2D eigenvalue weighted by Gasteiger charge is -2.11. The van der Waals surface area contributed by atoms with Gasteiger partial charge in [-0.15, -0.1) is 0 Å². The Kier molecular flexibility index (Phi) is 5.76. The predicted octanol–water partition coefficient (Wildman–Crippen LogP) is 7.52. The number of aromatic nitrogens is 2. The van der Waals surface area contributed by atoms with Crippen molar-refractivity contribution in [2.45, 2.75) is 0 Å². The molecule has 0 bridgehead atoms. The lowest BCUT2D eigenvalue weighted by atomic mass is 10.0. The van der Waals surface area contributed by atoms with Crippen molar-refractivity contribution < 1.29 is 9.90 Å². The smallest absolute Gasteiger partial charge is 0.356 e. The topological polar surface area (TPSA) is 55.1 Å². The molecule has 150 valence electrons. The molecule has 1 N–H and O–H groups in total. The molecule has 4 nitrogen and oxygen atoms in total. The summed E-state index contributed by atoms with van der Waals surface area (Å²) in [4.78, 5) is 11.5. The van der Waals surface area contributed by atoms with Gasteiger partial charge in [-0.2, -0.15) is 5.10 Å². The van der Waals surface area contributed by atoms with Crippen LogP contribution in [-0.4, -0.2) is 20.9 Å². The van der Waals surface area contributed by atoms with Crippen molar-refractivity contribution in [2.24, 2.45) is 0 Å². The third-order valence-corrected chi connectivity index (χ3v) is 5.57. The van der Waals surface area contributed by atoms with E-state index in [1.807, 2.05) is 30.3 Å². The number of carbonyl (C=O) groups is 1. The van der Waals surface area contributed by atoms with Crippen LogP contribution in [0.25, 0.3) is 28.1 Å². The second-order valence-electron chi connectivity index (χ2n) is 6.43. The van der Waals surface area contributed by atoms with E-state index in [2.05, 4.69) is 5.10 Å². The zero-order valence-corrected chi connectivity index (χ0v) is 18.1. The molecule has 0 unspecified atom stereocenters. The molecule has 0 amide bonds.